The maximum absolute atomic E-state index is 6.10. The molecule has 0 unspecified atom stereocenters. The van der Waals surface area contributed by atoms with Crippen LogP contribution in [0.15, 0.2) is 28.9 Å². The van der Waals surface area contributed by atoms with Gasteiger partial charge in [-0.25, -0.2) is 0 Å². The van der Waals surface area contributed by atoms with E-state index in [1.165, 1.54) is 24.8 Å². The van der Waals surface area contributed by atoms with Gasteiger partial charge >= 0.3 is 0 Å². The Morgan fingerprint density at radius 3 is 2.72 bits per heavy atom. The predicted molar refractivity (Wildman–Crippen MR) is 75.0 cm³/mol. The maximum atomic E-state index is 6.10. The summed E-state index contributed by atoms with van der Waals surface area (Å²) in [5.74, 6) is 0. The molecule has 0 radical (unpaired) electrons. The zero-order valence-electron chi connectivity index (χ0n) is 10.4. The van der Waals surface area contributed by atoms with Crippen LogP contribution in [0.1, 0.15) is 37.7 Å². The summed E-state index contributed by atoms with van der Waals surface area (Å²) in [6.07, 6.45) is 8.03. The van der Waals surface area contributed by atoms with Crippen molar-refractivity contribution >= 4 is 22.6 Å². The molecule has 2 nitrogen and oxygen atoms in total. The number of furan rings is 1. The molecule has 0 atom stereocenters. The van der Waals surface area contributed by atoms with Gasteiger partial charge in [-0.15, -0.1) is 0 Å². The Morgan fingerprint density at radius 1 is 1.22 bits per heavy atom. The van der Waals surface area contributed by atoms with Gasteiger partial charge in [0.2, 0.25) is 0 Å². The van der Waals surface area contributed by atoms with Gasteiger partial charge in [-0.2, -0.15) is 0 Å². The van der Waals surface area contributed by atoms with Crippen LogP contribution in [-0.4, -0.2) is 6.54 Å². The average molecular weight is 264 g/mol. The maximum Gasteiger partial charge on any atom is 0.134 e. The molecular formula is C15H18ClNO. The first-order valence-electron chi connectivity index (χ1n) is 6.62. The Kier molecular flexibility index (Phi) is 3.08. The molecular weight excluding hydrogens is 246 g/mol. The van der Waals surface area contributed by atoms with Crippen molar-refractivity contribution in [3.8, 4) is 0 Å². The molecule has 2 aromatic rings. The topological polar surface area (TPSA) is 39.2 Å². The fourth-order valence-corrected chi connectivity index (χ4v) is 3.40. The molecule has 3 heteroatoms. The monoisotopic (exact) mass is 263 g/mol. The van der Waals surface area contributed by atoms with Crippen molar-refractivity contribution in [1.82, 2.24) is 0 Å². The van der Waals surface area contributed by atoms with E-state index in [0.29, 0.717) is 6.54 Å². The molecule has 3 rings (SSSR count). The second-order valence-electron chi connectivity index (χ2n) is 5.33. The average Bonchev–Trinajstić information content (AvgIpc) is 2.83. The van der Waals surface area contributed by atoms with Crippen LogP contribution in [0.5, 0.6) is 0 Å². The second kappa shape index (κ2) is 4.60. The predicted octanol–water partition coefficient (Wildman–Crippen LogP) is 4.25. The summed E-state index contributed by atoms with van der Waals surface area (Å²) >= 11 is 6.10. The summed E-state index contributed by atoms with van der Waals surface area (Å²) in [6, 6.07) is 5.81. The largest absolute Gasteiger partial charge is 0.464 e. The number of nitrogens with two attached hydrogens (primary N) is 1. The van der Waals surface area contributed by atoms with Crippen molar-refractivity contribution in [2.45, 2.75) is 37.5 Å². The fraction of sp³-hybridized carbons (Fsp3) is 0.467. The van der Waals surface area contributed by atoms with Gasteiger partial charge in [0.25, 0.3) is 0 Å². The van der Waals surface area contributed by atoms with Crippen molar-refractivity contribution < 1.29 is 4.42 Å². The minimum Gasteiger partial charge on any atom is -0.464 e. The Morgan fingerprint density at radius 2 is 2.00 bits per heavy atom. The highest BCUT2D eigenvalue weighted by Gasteiger charge is 2.35. The first-order valence-corrected chi connectivity index (χ1v) is 7.00. The van der Waals surface area contributed by atoms with Crippen LogP contribution in [0, 0.1) is 0 Å². The van der Waals surface area contributed by atoms with Gasteiger partial charge in [0, 0.05) is 27.9 Å². The van der Waals surface area contributed by atoms with Crippen molar-refractivity contribution in [2.75, 3.05) is 6.54 Å². The summed E-state index contributed by atoms with van der Waals surface area (Å²) in [7, 11) is 0. The van der Waals surface area contributed by atoms with Crippen LogP contribution in [0.3, 0.4) is 0 Å². The van der Waals surface area contributed by atoms with Crippen molar-refractivity contribution in [2.24, 2.45) is 5.73 Å². The molecule has 0 spiro atoms. The van der Waals surface area contributed by atoms with Crippen LogP contribution >= 0.6 is 11.6 Å². The van der Waals surface area contributed by atoms with Gasteiger partial charge in [0.05, 0.1) is 6.26 Å². The van der Waals surface area contributed by atoms with Crippen LogP contribution in [-0.2, 0) is 5.41 Å². The molecule has 1 fully saturated rings. The zero-order valence-corrected chi connectivity index (χ0v) is 11.2. The number of rotatable bonds is 2. The Labute approximate surface area is 112 Å². The summed E-state index contributed by atoms with van der Waals surface area (Å²) in [5, 5.41) is 1.89. The number of fused-ring (bicyclic) bond motifs is 1. The lowest BCUT2D eigenvalue weighted by atomic mass is 9.69. The number of halogens is 1. The highest BCUT2D eigenvalue weighted by molar-refractivity contribution is 6.31. The van der Waals surface area contributed by atoms with E-state index in [-0.39, 0.29) is 5.41 Å². The molecule has 1 heterocycles. The molecule has 0 amide bonds. The van der Waals surface area contributed by atoms with E-state index < -0.39 is 0 Å². The van der Waals surface area contributed by atoms with Gasteiger partial charge in [-0.3, -0.25) is 0 Å². The lowest BCUT2D eigenvalue weighted by Crippen LogP contribution is -2.36. The highest BCUT2D eigenvalue weighted by atomic mass is 35.5. The second-order valence-corrected chi connectivity index (χ2v) is 5.77. The third-order valence-electron chi connectivity index (χ3n) is 4.31. The molecule has 0 saturated heterocycles. The molecule has 2 N–H and O–H groups in total. The molecule has 0 bridgehead atoms. The Bertz CT molecular complexity index is 555. The highest BCUT2D eigenvalue weighted by Crippen LogP contribution is 2.42. The minimum absolute atomic E-state index is 0.0915. The van der Waals surface area contributed by atoms with Gasteiger partial charge in [0.1, 0.15) is 5.58 Å². The van der Waals surface area contributed by atoms with Crippen LogP contribution < -0.4 is 5.73 Å². The third kappa shape index (κ3) is 1.84. The summed E-state index contributed by atoms with van der Waals surface area (Å²) in [4.78, 5) is 0. The van der Waals surface area contributed by atoms with E-state index in [1.807, 2.05) is 24.5 Å². The van der Waals surface area contributed by atoms with Gasteiger partial charge in [-0.1, -0.05) is 30.9 Å². The normalized spacial score (nSPS) is 19.2. The van der Waals surface area contributed by atoms with Crippen molar-refractivity contribution in [3.63, 3.8) is 0 Å². The SMILES string of the molecule is NCC1(c2coc3ccc(Cl)cc23)CCCCC1. The summed E-state index contributed by atoms with van der Waals surface area (Å²) in [6.45, 7) is 0.689. The number of hydrogen-bond acceptors (Lipinski definition) is 2. The molecule has 1 saturated carbocycles. The van der Waals surface area contributed by atoms with E-state index in [9.17, 15) is 0 Å². The zero-order chi connectivity index (χ0) is 12.6. The first kappa shape index (κ1) is 12.1. The molecule has 1 aliphatic carbocycles. The van der Waals surface area contributed by atoms with E-state index in [1.54, 1.807) is 0 Å². The Hall–Kier alpha value is -0.990. The van der Waals surface area contributed by atoms with Crippen LogP contribution in [0.2, 0.25) is 5.02 Å². The molecule has 1 aromatic carbocycles. The van der Waals surface area contributed by atoms with E-state index in [4.69, 9.17) is 21.8 Å². The lowest BCUT2D eigenvalue weighted by molar-refractivity contribution is 0.300. The fourth-order valence-electron chi connectivity index (χ4n) is 3.22. The van der Waals surface area contributed by atoms with Gasteiger partial charge in [-0.05, 0) is 31.0 Å². The standard InChI is InChI=1S/C15H18ClNO/c16-11-4-5-14-12(8-11)13(9-18-14)15(10-17)6-2-1-3-7-15/h4-5,8-9H,1-3,6-7,10,17H2. The lowest BCUT2D eigenvalue weighted by Gasteiger charge is -2.35. The molecule has 0 aliphatic heterocycles. The van der Waals surface area contributed by atoms with Crippen molar-refractivity contribution in [3.05, 3.63) is 35.0 Å². The molecule has 18 heavy (non-hydrogen) atoms. The van der Waals surface area contributed by atoms with E-state index >= 15 is 0 Å². The third-order valence-corrected chi connectivity index (χ3v) is 4.54. The smallest absolute Gasteiger partial charge is 0.134 e. The molecule has 96 valence electrons. The molecule has 1 aromatic heterocycles. The number of hydrogen-bond donors (Lipinski definition) is 1. The van der Waals surface area contributed by atoms with Crippen LogP contribution in [0.4, 0.5) is 0 Å². The van der Waals surface area contributed by atoms with E-state index in [0.717, 1.165) is 28.8 Å². The van der Waals surface area contributed by atoms with Gasteiger partial charge < -0.3 is 10.2 Å². The van der Waals surface area contributed by atoms with E-state index in [2.05, 4.69) is 0 Å². The number of benzene rings is 1. The van der Waals surface area contributed by atoms with Gasteiger partial charge in [0.15, 0.2) is 0 Å². The summed E-state index contributed by atoms with van der Waals surface area (Å²) in [5.41, 5.74) is 8.34. The molecule has 1 aliphatic rings. The summed E-state index contributed by atoms with van der Waals surface area (Å²) < 4.78 is 5.67. The van der Waals surface area contributed by atoms with Crippen LogP contribution in [0.25, 0.3) is 11.0 Å². The first-order chi connectivity index (χ1) is 8.75. The minimum atomic E-state index is 0.0915. The Balaban J connectivity index is 2.14. The quantitative estimate of drug-likeness (QED) is 0.880. The van der Waals surface area contributed by atoms with Crippen molar-refractivity contribution in [1.29, 1.82) is 0 Å².